The standard InChI is InChI=1S/C23H24N2O4/c26-21(24-19-13-15-29-20-11-6-5-10-18(19)20)12-2-1-7-14-25-22(27)16-8-3-4-9-17(16)23(25)28/h3-6,8-11,19H,1-2,7,12-15H2,(H,24,26). The highest BCUT2D eigenvalue weighted by Crippen LogP contribution is 2.31. The van der Waals surface area contributed by atoms with Crippen molar-refractivity contribution in [1.82, 2.24) is 10.2 Å². The van der Waals surface area contributed by atoms with E-state index in [1.54, 1.807) is 24.3 Å². The number of carbonyl (C=O) groups is 3. The fourth-order valence-corrected chi connectivity index (χ4v) is 3.93. The second-order valence-electron chi connectivity index (χ2n) is 7.41. The van der Waals surface area contributed by atoms with Gasteiger partial charge in [-0.05, 0) is 31.0 Å². The van der Waals surface area contributed by atoms with Gasteiger partial charge in [-0.15, -0.1) is 0 Å². The summed E-state index contributed by atoms with van der Waals surface area (Å²) in [4.78, 5) is 38.3. The van der Waals surface area contributed by atoms with Crippen molar-refractivity contribution >= 4 is 17.7 Å². The zero-order valence-corrected chi connectivity index (χ0v) is 16.2. The van der Waals surface area contributed by atoms with Gasteiger partial charge in [0, 0.05) is 24.9 Å². The number of unbranched alkanes of at least 4 members (excludes halogenated alkanes) is 2. The third-order valence-electron chi connectivity index (χ3n) is 5.46. The number of carbonyl (C=O) groups excluding carboxylic acids is 3. The van der Waals surface area contributed by atoms with Gasteiger partial charge in [-0.1, -0.05) is 36.8 Å². The molecular formula is C23H24N2O4. The molecule has 2 aliphatic rings. The number of hydrogen-bond acceptors (Lipinski definition) is 4. The minimum Gasteiger partial charge on any atom is -0.493 e. The van der Waals surface area contributed by atoms with Crippen LogP contribution in [0.5, 0.6) is 5.75 Å². The average molecular weight is 392 g/mol. The largest absolute Gasteiger partial charge is 0.493 e. The molecule has 2 aromatic carbocycles. The van der Waals surface area contributed by atoms with Crippen molar-refractivity contribution in [2.24, 2.45) is 0 Å². The SMILES string of the molecule is O=C(CCCCCN1C(=O)c2ccccc2C1=O)NC1CCOc2ccccc21. The van der Waals surface area contributed by atoms with Crippen LogP contribution in [0.25, 0.3) is 0 Å². The molecule has 150 valence electrons. The highest BCUT2D eigenvalue weighted by atomic mass is 16.5. The van der Waals surface area contributed by atoms with Crippen molar-refractivity contribution in [2.45, 2.75) is 38.1 Å². The maximum Gasteiger partial charge on any atom is 0.261 e. The van der Waals surface area contributed by atoms with E-state index in [4.69, 9.17) is 4.74 Å². The molecule has 6 nitrogen and oxygen atoms in total. The average Bonchev–Trinajstić information content (AvgIpc) is 2.99. The first-order chi connectivity index (χ1) is 14.1. The van der Waals surface area contributed by atoms with Crippen LogP contribution in [0, 0.1) is 0 Å². The van der Waals surface area contributed by atoms with E-state index in [0.29, 0.717) is 37.1 Å². The maximum absolute atomic E-state index is 12.3. The van der Waals surface area contributed by atoms with Crippen LogP contribution in [0.2, 0.25) is 0 Å². The number of fused-ring (bicyclic) bond motifs is 2. The van der Waals surface area contributed by atoms with E-state index < -0.39 is 0 Å². The third-order valence-corrected chi connectivity index (χ3v) is 5.46. The van der Waals surface area contributed by atoms with Gasteiger partial charge in [0.1, 0.15) is 5.75 Å². The second-order valence-corrected chi connectivity index (χ2v) is 7.41. The molecule has 29 heavy (non-hydrogen) atoms. The molecule has 0 fully saturated rings. The Balaban J connectivity index is 1.20. The van der Waals surface area contributed by atoms with Crippen molar-refractivity contribution in [3.05, 3.63) is 65.2 Å². The van der Waals surface area contributed by atoms with Gasteiger partial charge < -0.3 is 10.1 Å². The Morgan fingerprint density at radius 3 is 2.41 bits per heavy atom. The Hall–Kier alpha value is -3.15. The summed E-state index contributed by atoms with van der Waals surface area (Å²) in [5, 5.41) is 3.10. The topological polar surface area (TPSA) is 75.7 Å². The normalized spacial score (nSPS) is 17.5. The molecule has 3 amide bonds. The third kappa shape index (κ3) is 4.01. The fraction of sp³-hybridized carbons (Fsp3) is 0.348. The predicted molar refractivity (Wildman–Crippen MR) is 108 cm³/mol. The molecule has 4 rings (SSSR count). The van der Waals surface area contributed by atoms with Crippen LogP contribution in [0.3, 0.4) is 0 Å². The van der Waals surface area contributed by atoms with Crippen LogP contribution in [-0.2, 0) is 4.79 Å². The summed E-state index contributed by atoms with van der Waals surface area (Å²) in [6.45, 7) is 0.990. The van der Waals surface area contributed by atoms with E-state index in [9.17, 15) is 14.4 Å². The Morgan fingerprint density at radius 2 is 1.66 bits per heavy atom. The van der Waals surface area contributed by atoms with Crippen LogP contribution in [0.4, 0.5) is 0 Å². The van der Waals surface area contributed by atoms with Crippen LogP contribution in [0.1, 0.15) is 64.4 Å². The molecule has 1 N–H and O–H groups in total. The van der Waals surface area contributed by atoms with E-state index in [1.165, 1.54) is 4.90 Å². The fourth-order valence-electron chi connectivity index (χ4n) is 3.93. The summed E-state index contributed by atoms with van der Waals surface area (Å²) in [5.41, 5.74) is 1.99. The molecule has 0 aliphatic carbocycles. The monoisotopic (exact) mass is 392 g/mol. The van der Waals surface area contributed by atoms with Crippen LogP contribution in [0.15, 0.2) is 48.5 Å². The van der Waals surface area contributed by atoms with Gasteiger partial charge in [0.15, 0.2) is 0 Å². The molecule has 2 aliphatic heterocycles. The number of benzene rings is 2. The van der Waals surface area contributed by atoms with Crippen molar-refractivity contribution in [1.29, 1.82) is 0 Å². The number of amides is 3. The summed E-state index contributed by atoms with van der Waals surface area (Å²) >= 11 is 0. The molecule has 2 heterocycles. The Bertz CT molecular complexity index is 905. The van der Waals surface area contributed by atoms with Crippen molar-refractivity contribution in [3.8, 4) is 5.75 Å². The maximum atomic E-state index is 12.3. The smallest absolute Gasteiger partial charge is 0.261 e. The van der Waals surface area contributed by atoms with Gasteiger partial charge >= 0.3 is 0 Å². The summed E-state index contributed by atoms with van der Waals surface area (Å²) in [6.07, 6.45) is 3.40. The second kappa shape index (κ2) is 8.47. The number of para-hydroxylation sites is 1. The molecule has 2 aromatic rings. The van der Waals surface area contributed by atoms with E-state index in [2.05, 4.69) is 5.32 Å². The number of hydrogen-bond donors (Lipinski definition) is 1. The first-order valence-electron chi connectivity index (χ1n) is 10.1. The van der Waals surface area contributed by atoms with E-state index in [1.807, 2.05) is 24.3 Å². The van der Waals surface area contributed by atoms with Gasteiger partial charge in [0.2, 0.25) is 5.91 Å². The lowest BCUT2D eigenvalue weighted by Crippen LogP contribution is -2.32. The number of imide groups is 1. The quantitative estimate of drug-likeness (QED) is 0.578. The Kier molecular flexibility index (Phi) is 5.60. The molecule has 6 heteroatoms. The van der Waals surface area contributed by atoms with Gasteiger partial charge in [-0.2, -0.15) is 0 Å². The first-order valence-corrected chi connectivity index (χ1v) is 10.1. The Labute approximate surface area is 169 Å². The lowest BCUT2D eigenvalue weighted by atomic mass is 10.0. The number of rotatable bonds is 7. The highest BCUT2D eigenvalue weighted by Gasteiger charge is 2.34. The predicted octanol–water partition coefficient (Wildman–Crippen LogP) is 3.48. The van der Waals surface area contributed by atoms with Crippen molar-refractivity contribution in [2.75, 3.05) is 13.2 Å². The molecule has 0 saturated carbocycles. The lowest BCUT2D eigenvalue weighted by molar-refractivity contribution is -0.122. The van der Waals surface area contributed by atoms with E-state index in [-0.39, 0.29) is 23.8 Å². The van der Waals surface area contributed by atoms with Crippen LogP contribution >= 0.6 is 0 Å². The molecule has 0 spiro atoms. The highest BCUT2D eigenvalue weighted by molar-refractivity contribution is 6.21. The van der Waals surface area contributed by atoms with Crippen molar-refractivity contribution < 1.29 is 19.1 Å². The van der Waals surface area contributed by atoms with Crippen LogP contribution in [-0.4, -0.2) is 35.8 Å². The van der Waals surface area contributed by atoms with E-state index in [0.717, 1.165) is 30.6 Å². The zero-order chi connectivity index (χ0) is 20.2. The zero-order valence-electron chi connectivity index (χ0n) is 16.2. The minimum absolute atomic E-state index is 0.00852. The molecular weight excluding hydrogens is 368 g/mol. The lowest BCUT2D eigenvalue weighted by Gasteiger charge is -2.26. The molecule has 0 bridgehead atoms. The van der Waals surface area contributed by atoms with E-state index >= 15 is 0 Å². The molecule has 0 radical (unpaired) electrons. The Morgan fingerprint density at radius 1 is 0.966 bits per heavy atom. The molecule has 1 atom stereocenters. The number of ether oxygens (including phenoxy) is 1. The molecule has 1 unspecified atom stereocenters. The summed E-state index contributed by atoms with van der Waals surface area (Å²) in [7, 11) is 0. The molecule has 0 saturated heterocycles. The summed E-state index contributed by atoms with van der Waals surface area (Å²) in [6, 6.07) is 14.7. The van der Waals surface area contributed by atoms with Crippen molar-refractivity contribution in [3.63, 3.8) is 0 Å². The van der Waals surface area contributed by atoms with Gasteiger partial charge in [0.05, 0.1) is 23.8 Å². The molecule has 0 aromatic heterocycles. The summed E-state index contributed by atoms with van der Waals surface area (Å²) < 4.78 is 5.63. The number of nitrogens with zero attached hydrogens (tertiary/aromatic N) is 1. The summed E-state index contributed by atoms with van der Waals surface area (Å²) in [5.74, 6) is 0.417. The van der Waals surface area contributed by atoms with Gasteiger partial charge in [-0.3, -0.25) is 19.3 Å². The van der Waals surface area contributed by atoms with Crippen LogP contribution < -0.4 is 10.1 Å². The van der Waals surface area contributed by atoms with Gasteiger partial charge in [0.25, 0.3) is 11.8 Å². The first kappa shape index (κ1) is 19.2. The van der Waals surface area contributed by atoms with Gasteiger partial charge in [-0.25, -0.2) is 0 Å². The number of nitrogens with one attached hydrogen (secondary N) is 1. The minimum atomic E-state index is -0.221.